The van der Waals surface area contributed by atoms with Gasteiger partial charge in [-0.05, 0) is 42.2 Å². The van der Waals surface area contributed by atoms with E-state index in [0.717, 1.165) is 46.4 Å². The summed E-state index contributed by atoms with van der Waals surface area (Å²) < 4.78 is 10.8. The van der Waals surface area contributed by atoms with Gasteiger partial charge in [0.25, 0.3) is 0 Å². The predicted octanol–water partition coefficient (Wildman–Crippen LogP) is 4.12. The number of carbonyl (C=O) groups is 1. The molecule has 4 aromatic rings. The fraction of sp³-hybridized carbons (Fsp3) is 0.308. The van der Waals surface area contributed by atoms with Gasteiger partial charge in [-0.3, -0.25) is 0 Å². The number of H-pyrrole nitrogens is 1. The zero-order valence-electron chi connectivity index (χ0n) is 20.1. The van der Waals surface area contributed by atoms with Crippen LogP contribution in [0.1, 0.15) is 42.9 Å². The minimum Gasteiger partial charge on any atom is -0.465 e. The van der Waals surface area contributed by atoms with Crippen molar-refractivity contribution in [2.24, 2.45) is 0 Å². The highest BCUT2D eigenvalue weighted by atomic mass is 16.6. The first-order valence-electron chi connectivity index (χ1n) is 11.7. The number of aryl methyl sites for hydroxylation is 2. The molecule has 9 heteroatoms. The van der Waals surface area contributed by atoms with Crippen molar-refractivity contribution in [1.82, 2.24) is 30.6 Å². The molecule has 2 heterocycles. The van der Waals surface area contributed by atoms with Gasteiger partial charge in [0, 0.05) is 17.5 Å². The molecule has 0 aliphatic heterocycles. The van der Waals surface area contributed by atoms with E-state index >= 15 is 0 Å². The lowest BCUT2D eigenvalue weighted by Gasteiger charge is -2.15. The van der Waals surface area contributed by atoms with Crippen LogP contribution in [0, 0.1) is 6.92 Å². The van der Waals surface area contributed by atoms with E-state index < -0.39 is 5.97 Å². The van der Waals surface area contributed by atoms with Crippen LogP contribution in [0.3, 0.4) is 0 Å². The summed E-state index contributed by atoms with van der Waals surface area (Å²) in [5.41, 5.74) is 5.87. The Bertz CT molecular complexity index is 1270. The van der Waals surface area contributed by atoms with E-state index in [4.69, 9.17) is 9.47 Å². The summed E-state index contributed by atoms with van der Waals surface area (Å²) in [5.74, 6) is 1.18. The Kier molecular flexibility index (Phi) is 7.77. The molecule has 0 spiro atoms. The molecule has 0 aliphatic rings. The first-order chi connectivity index (χ1) is 17.1. The molecule has 180 valence electrons. The highest BCUT2D eigenvalue weighted by molar-refractivity contribution is 5.80. The van der Waals surface area contributed by atoms with Gasteiger partial charge >= 0.3 is 5.97 Å². The average Bonchev–Trinajstić information content (AvgIpc) is 3.40. The second-order valence-electron chi connectivity index (χ2n) is 8.00. The first-order valence-corrected chi connectivity index (χ1v) is 11.7. The molecule has 0 fully saturated rings. The summed E-state index contributed by atoms with van der Waals surface area (Å²) in [6.45, 7) is 5.82. The molecule has 0 aliphatic carbocycles. The van der Waals surface area contributed by atoms with Crippen LogP contribution in [0.2, 0.25) is 0 Å². The second-order valence-corrected chi connectivity index (χ2v) is 8.00. The van der Waals surface area contributed by atoms with Crippen LogP contribution in [0.5, 0.6) is 5.88 Å². The van der Waals surface area contributed by atoms with E-state index in [1.54, 1.807) is 6.92 Å². The fourth-order valence-corrected chi connectivity index (χ4v) is 3.91. The smallest absolute Gasteiger partial charge is 0.344 e. The third-order valence-electron chi connectivity index (χ3n) is 5.44. The van der Waals surface area contributed by atoms with E-state index in [-0.39, 0.29) is 6.61 Å². The molecular formula is C26H28N6O3. The Morgan fingerprint density at radius 3 is 2.46 bits per heavy atom. The van der Waals surface area contributed by atoms with Gasteiger partial charge in [0.2, 0.25) is 11.7 Å². The summed E-state index contributed by atoms with van der Waals surface area (Å²) in [5, 5.41) is 14.4. The summed E-state index contributed by atoms with van der Waals surface area (Å²) >= 11 is 0. The summed E-state index contributed by atoms with van der Waals surface area (Å²) in [6.07, 6.45) is 2.32. The second kappa shape index (κ2) is 11.3. The number of ether oxygens (including phenoxy) is 2. The van der Waals surface area contributed by atoms with Crippen LogP contribution in [-0.2, 0) is 22.4 Å². The molecule has 0 atom stereocenters. The van der Waals surface area contributed by atoms with Crippen molar-refractivity contribution in [3.05, 3.63) is 71.2 Å². The number of aromatic nitrogens is 6. The normalized spacial score (nSPS) is 10.8. The van der Waals surface area contributed by atoms with Crippen LogP contribution in [0.25, 0.3) is 22.5 Å². The number of rotatable bonds is 10. The molecule has 0 amide bonds. The Balaban J connectivity index is 1.62. The Morgan fingerprint density at radius 2 is 1.77 bits per heavy atom. The number of tetrazole rings is 1. The maximum atomic E-state index is 11.9. The van der Waals surface area contributed by atoms with Crippen molar-refractivity contribution in [1.29, 1.82) is 0 Å². The lowest BCUT2D eigenvalue weighted by molar-refractivity contribution is -0.145. The van der Waals surface area contributed by atoms with E-state index in [1.165, 1.54) is 0 Å². The maximum absolute atomic E-state index is 11.9. The third-order valence-corrected chi connectivity index (χ3v) is 5.44. The molecule has 0 bridgehead atoms. The molecule has 0 saturated heterocycles. The van der Waals surface area contributed by atoms with Crippen LogP contribution in [-0.4, -0.2) is 49.8 Å². The molecule has 2 aromatic carbocycles. The Labute approximate surface area is 203 Å². The number of hydrogen-bond acceptors (Lipinski definition) is 8. The molecule has 1 N–H and O–H groups in total. The molecule has 0 saturated carbocycles. The zero-order chi connectivity index (χ0) is 24.6. The van der Waals surface area contributed by atoms with Crippen molar-refractivity contribution >= 4 is 5.97 Å². The third kappa shape index (κ3) is 5.87. The van der Waals surface area contributed by atoms with Gasteiger partial charge in [0.15, 0.2) is 6.61 Å². The molecule has 4 rings (SSSR count). The van der Waals surface area contributed by atoms with E-state index in [0.29, 0.717) is 30.6 Å². The highest BCUT2D eigenvalue weighted by Gasteiger charge is 2.17. The SMILES string of the molecule is CCCc1nc(C)nc(OCC(=O)OCC)c1Cc1ccc(-c2ccccc2-c2nn[nH]n2)cc1. The minimum atomic E-state index is -0.420. The lowest BCUT2D eigenvalue weighted by atomic mass is 9.96. The molecule has 0 radical (unpaired) electrons. The number of nitrogens with zero attached hydrogens (tertiary/aromatic N) is 5. The average molecular weight is 473 g/mol. The van der Waals surface area contributed by atoms with Gasteiger partial charge in [-0.1, -0.05) is 61.9 Å². The van der Waals surface area contributed by atoms with Crippen LogP contribution < -0.4 is 4.74 Å². The van der Waals surface area contributed by atoms with Gasteiger partial charge in [0.05, 0.1) is 12.3 Å². The van der Waals surface area contributed by atoms with Crippen molar-refractivity contribution in [3.63, 3.8) is 0 Å². The monoisotopic (exact) mass is 472 g/mol. The molecule has 0 unspecified atom stereocenters. The van der Waals surface area contributed by atoms with Crippen LogP contribution in [0.15, 0.2) is 48.5 Å². The number of carbonyl (C=O) groups excluding carboxylic acids is 1. The Hall–Kier alpha value is -4.14. The standard InChI is InChI=1S/C26H28N6O3/c1-4-8-23-22(26(28-17(3)27-23)35-16-24(33)34-5-2)15-18-11-13-19(14-12-18)20-9-6-7-10-21(20)25-29-31-32-30-25/h6-7,9-14H,4-5,8,15-16H2,1-3H3,(H,29,30,31,32). The topological polar surface area (TPSA) is 116 Å². The maximum Gasteiger partial charge on any atom is 0.344 e. The van der Waals surface area contributed by atoms with E-state index in [1.807, 2.05) is 31.2 Å². The van der Waals surface area contributed by atoms with Crippen molar-refractivity contribution in [3.8, 4) is 28.4 Å². The lowest BCUT2D eigenvalue weighted by Crippen LogP contribution is -2.17. The number of hydrogen-bond donors (Lipinski definition) is 1. The molecular weight excluding hydrogens is 444 g/mol. The minimum absolute atomic E-state index is 0.186. The van der Waals surface area contributed by atoms with Crippen molar-refractivity contribution < 1.29 is 14.3 Å². The number of esters is 1. The molecule has 2 aromatic heterocycles. The van der Waals surface area contributed by atoms with Gasteiger partial charge in [-0.25, -0.2) is 9.78 Å². The van der Waals surface area contributed by atoms with Gasteiger partial charge < -0.3 is 9.47 Å². The van der Waals surface area contributed by atoms with Gasteiger partial charge in [0.1, 0.15) is 5.82 Å². The van der Waals surface area contributed by atoms with Crippen LogP contribution >= 0.6 is 0 Å². The number of aromatic amines is 1. The number of benzene rings is 2. The van der Waals surface area contributed by atoms with Gasteiger partial charge in [-0.15, -0.1) is 10.2 Å². The highest BCUT2D eigenvalue weighted by Crippen LogP contribution is 2.31. The number of nitrogens with one attached hydrogen (secondary N) is 1. The van der Waals surface area contributed by atoms with E-state index in [9.17, 15) is 4.79 Å². The summed E-state index contributed by atoms with van der Waals surface area (Å²) in [7, 11) is 0. The summed E-state index contributed by atoms with van der Waals surface area (Å²) in [4.78, 5) is 21.0. The van der Waals surface area contributed by atoms with Crippen molar-refractivity contribution in [2.45, 2.75) is 40.0 Å². The molecule has 35 heavy (non-hydrogen) atoms. The predicted molar refractivity (Wildman–Crippen MR) is 131 cm³/mol. The largest absolute Gasteiger partial charge is 0.465 e. The Morgan fingerprint density at radius 1 is 1.00 bits per heavy atom. The van der Waals surface area contributed by atoms with Crippen molar-refractivity contribution in [2.75, 3.05) is 13.2 Å². The summed E-state index contributed by atoms with van der Waals surface area (Å²) in [6, 6.07) is 16.2. The first kappa shape index (κ1) is 24.0. The van der Waals surface area contributed by atoms with Gasteiger partial charge in [-0.2, -0.15) is 10.2 Å². The quantitative estimate of drug-likeness (QED) is 0.343. The van der Waals surface area contributed by atoms with E-state index in [2.05, 4.69) is 61.8 Å². The fourth-order valence-electron chi connectivity index (χ4n) is 3.91. The molecule has 9 nitrogen and oxygen atoms in total. The van der Waals surface area contributed by atoms with Crippen LogP contribution in [0.4, 0.5) is 0 Å². The zero-order valence-corrected chi connectivity index (χ0v) is 20.1.